The lowest BCUT2D eigenvalue weighted by molar-refractivity contribution is 0.585. The fourth-order valence-electron chi connectivity index (χ4n) is 3.95. The van der Waals surface area contributed by atoms with E-state index < -0.39 is 0 Å². The molecule has 5 aromatic rings. The van der Waals surface area contributed by atoms with Crippen LogP contribution in [0.1, 0.15) is 41.7 Å². The summed E-state index contributed by atoms with van der Waals surface area (Å²) in [6.07, 6.45) is 9.99. The molecule has 1 aromatic carbocycles. The Hall–Kier alpha value is -3.17. The van der Waals surface area contributed by atoms with E-state index in [0.717, 1.165) is 55.7 Å². The maximum Gasteiger partial charge on any atom is 0.234 e. The molecule has 1 aliphatic carbocycles. The summed E-state index contributed by atoms with van der Waals surface area (Å²) in [5, 5.41) is 19.7. The second-order valence-corrected chi connectivity index (χ2v) is 9.35. The lowest BCUT2D eigenvalue weighted by Crippen LogP contribution is -2.11. The molecular weight excluding hydrogens is 408 g/mol. The molecule has 0 saturated heterocycles. The van der Waals surface area contributed by atoms with Gasteiger partial charge in [0, 0.05) is 42.4 Å². The highest BCUT2D eigenvalue weighted by Crippen LogP contribution is 2.37. The van der Waals surface area contributed by atoms with Gasteiger partial charge in [0.05, 0.1) is 17.8 Å². The molecule has 0 unspecified atom stereocenters. The molecule has 0 bridgehead atoms. The van der Waals surface area contributed by atoms with Crippen LogP contribution < -0.4 is 5.73 Å². The Morgan fingerprint density at radius 3 is 2.87 bits per heavy atom. The zero-order valence-electron chi connectivity index (χ0n) is 17.1. The van der Waals surface area contributed by atoms with Crippen LogP contribution in [0.4, 0.5) is 0 Å². The summed E-state index contributed by atoms with van der Waals surface area (Å²) >= 11 is 1.55. The van der Waals surface area contributed by atoms with Gasteiger partial charge in [-0.2, -0.15) is 14.7 Å². The van der Waals surface area contributed by atoms with E-state index in [2.05, 4.69) is 38.5 Å². The van der Waals surface area contributed by atoms with Gasteiger partial charge >= 0.3 is 0 Å². The average Bonchev–Trinajstić information content (AvgIpc) is 3.15. The van der Waals surface area contributed by atoms with Crippen molar-refractivity contribution in [3.05, 3.63) is 59.3 Å². The first-order chi connectivity index (χ1) is 15.1. The molecule has 1 fully saturated rings. The van der Waals surface area contributed by atoms with E-state index in [1.54, 1.807) is 16.0 Å². The third kappa shape index (κ3) is 3.60. The van der Waals surface area contributed by atoms with Crippen LogP contribution in [0.3, 0.4) is 0 Å². The van der Waals surface area contributed by atoms with Crippen molar-refractivity contribution in [2.75, 3.05) is 0 Å². The fraction of sp³-hybridized carbons (Fsp3) is 0.318. The van der Waals surface area contributed by atoms with Gasteiger partial charge in [-0.3, -0.25) is 9.67 Å². The number of benzene rings is 1. The van der Waals surface area contributed by atoms with E-state index in [4.69, 9.17) is 10.8 Å². The Bertz CT molecular complexity index is 1390. The van der Waals surface area contributed by atoms with Gasteiger partial charge in [-0.05, 0) is 36.1 Å². The van der Waals surface area contributed by atoms with Crippen LogP contribution in [-0.2, 0) is 13.5 Å². The molecule has 2 N–H and O–H groups in total. The Kier molecular flexibility index (Phi) is 4.32. The number of fused-ring (bicyclic) bond motifs is 2. The van der Waals surface area contributed by atoms with E-state index in [9.17, 15) is 0 Å². The fourth-order valence-corrected chi connectivity index (χ4v) is 4.82. The Balaban J connectivity index is 1.29. The minimum Gasteiger partial charge on any atom is -0.322 e. The van der Waals surface area contributed by atoms with Crippen LogP contribution in [0.5, 0.6) is 0 Å². The van der Waals surface area contributed by atoms with Crippen molar-refractivity contribution in [2.45, 2.75) is 31.7 Å². The zero-order valence-corrected chi connectivity index (χ0v) is 18.0. The number of hydrogen-bond acceptors (Lipinski definition) is 7. The van der Waals surface area contributed by atoms with Crippen LogP contribution >= 0.6 is 11.3 Å². The largest absolute Gasteiger partial charge is 0.322 e. The molecule has 1 saturated carbocycles. The van der Waals surface area contributed by atoms with E-state index >= 15 is 0 Å². The number of aryl methyl sites for hydroxylation is 1. The number of aromatic nitrogens is 7. The van der Waals surface area contributed by atoms with E-state index in [0.29, 0.717) is 6.42 Å². The molecule has 9 heteroatoms. The zero-order chi connectivity index (χ0) is 20.9. The molecule has 31 heavy (non-hydrogen) atoms. The van der Waals surface area contributed by atoms with Crippen molar-refractivity contribution < 1.29 is 0 Å². The highest BCUT2D eigenvalue weighted by Gasteiger charge is 2.26. The van der Waals surface area contributed by atoms with Crippen molar-refractivity contribution >= 4 is 27.2 Å². The van der Waals surface area contributed by atoms with Crippen LogP contribution in [0.2, 0.25) is 0 Å². The van der Waals surface area contributed by atoms with Gasteiger partial charge in [-0.15, -0.1) is 10.2 Å². The summed E-state index contributed by atoms with van der Waals surface area (Å²) in [7, 11) is 1.91. The number of hydrogen-bond donors (Lipinski definition) is 1. The van der Waals surface area contributed by atoms with Crippen molar-refractivity contribution in [1.82, 2.24) is 34.6 Å². The van der Waals surface area contributed by atoms with E-state index in [-0.39, 0.29) is 6.04 Å². The van der Waals surface area contributed by atoms with Gasteiger partial charge < -0.3 is 5.73 Å². The lowest BCUT2D eigenvalue weighted by atomic mass is 10.0. The van der Waals surface area contributed by atoms with Crippen molar-refractivity contribution in [1.29, 1.82) is 0 Å². The number of nitrogens with two attached hydrogens (primary N) is 1. The third-order valence-electron chi connectivity index (χ3n) is 5.82. The summed E-state index contributed by atoms with van der Waals surface area (Å²) in [4.78, 5) is 5.41. The number of pyridine rings is 1. The van der Waals surface area contributed by atoms with E-state index in [1.807, 2.05) is 36.2 Å². The van der Waals surface area contributed by atoms with Crippen molar-refractivity contribution in [3.8, 4) is 11.1 Å². The van der Waals surface area contributed by atoms with E-state index in [1.165, 1.54) is 12.8 Å². The SMILES string of the molecule is Cn1cc(-c2cnc3ccc(Cc4nnc5sc([C@@H](N)CC6CC6)nn45)cc3c2)cn1. The van der Waals surface area contributed by atoms with Crippen LogP contribution in [0, 0.1) is 5.92 Å². The molecule has 1 aliphatic rings. The topological polar surface area (TPSA) is 99.8 Å². The molecule has 8 nitrogen and oxygen atoms in total. The average molecular weight is 431 g/mol. The summed E-state index contributed by atoms with van der Waals surface area (Å²) in [5.41, 5.74) is 10.6. The minimum atomic E-state index is -0.00955. The van der Waals surface area contributed by atoms with Gasteiger partial charge in [0.1, 0.15) is 5.01 Å². The highest BCUT2D eigenvalue weighted by atomic mass is 32.1. The maximum atomic E-state index is 6.36. The van der Waals surface area contributed by atoms with Gasteiger partial charge in [-0.25, -0.2) is 0 Å². The second-order valence-electron chi connectivity index (χ2n) is 8.37. The molecule has 4 heterocycles. The maximum absolute atomic E-state index is 6.36. The Morgan fingerprint density at radius 2 is 2.06 bits per heavy atom. The van der Waals surface area contributed by atoms with Crippen molar-refractivity contribution in [3.63, 3.8) is 0 Å². The van der Waals surface area contributed by atoms with Crippen LogP contribution in [-0.4, -0.2) is 34.6 Å². The molecule has 1 atom stereocenters. The molecule has 156 valence electrons. The normalized spacial score (nSPS) is 15.2. The summed E-state index contributed by atoms with van der Waals surface area (Å²) < 4.78 is 3.65. The molecule has 0 spiro atoms. The van der Waals surface area contributed by atoms with Crippen LogP contribution in [0.15, 0.2) is 42.9 Å². The highest BCUT2D eigenvalue weighted by molar-refractivity contribution is 7.16. The molecular formula is C22H22N8S. The monoisotopic (exact) mass is 430 g/mol. The Morgan fingerprint density at radius 1 is 1.16 bits per heavy atom. The lowest BCUT2D eigenvalue weighted by Gasteiger charge is -2.06. The quantitative estimate of drug-likeness (QED) is 0.442. The Labute approximate surface area is 182 Å². The summed E-state index contributed by atoms with van der Waals surface area (Å²) in [6.45, 7) is 0. The first-order valence-electron chi connectivity index (χ1n) is 10.5. The first kappa shape index (κ1) is 18.6. The van der Waals surface area contributed by atoms with Gasteiger partial charge in [0.25, 0.3) is 0 Å². The molecule has 0 radical (unpaired) electrons. The second kappa shape index (κ2) is 7.21. The predicted octanol–water partition coefficient (Wildman–Crippen LogP) is 3.53. The first-order valence-corrected chi connectivity index (χ1v) is 11.3. The molecule has 6 rings (SSSR count). The smallest absolute Gasteiger partial charge is 0.234 e. The third-order valence-corrected chi connectivity index (χ3v) is 6.85. The van der Waals surface area contributed by atoms with Crippen molar-refractivity contribution in [2.24, 2.45) is 18.7 Å². The minimum absolute atomic E-state index is 0.00955. The van der Waals surface area contributed by atoms with Gasteiger partial charge in [-0.1, -0.05) is 30.2 Å². The standard InChI is InChI=1S/C22H22N8S/c1-29-12-17(11-25-29)16-9-15-6-14(4-5-19(15)24-10-16)8-20-26-27-22-30(20)28-21(31-22)18(23)7-13-2-3-13/h4-6,9-13,18H,2-3,7-8,23H2,1H3/t18-/m0/s1. The van der Waals surface area contributed by atoms with Gasteiger partial charge in [0.15, 0.2) is 5.82 Å². The molecule has 0 aliphatic heterocycles. The van der Waals surface area contributed by atoms with Gasteiger partial charge in [0.2, 0.25) is 4.96 Å². The molecule has 0 amide bonds. The summed E-state index contributed by atoms with van der Waals surface area (Å²) in [6, 6.07) is 8.44. The summed E-state index contributed by atoms with van der Waals surface area (Å²) in [5.74, 6) is 1.60. The predicted molar refractivity (Wildman–Crippen MR) is 120 cm³/mol. The number of rotatable bonds is 6. The molecule has 4 aromatic heterocycles. The number of nitrogens with zero attached hydrogens (tertiary/aromatic N) is 7. The van der Waals surface area contributed by atoms with Crippen LogP contribution in [0.25, 0.3) is 27.0 Å².